The fraction of sp³-hybridized carbons (Fsp3) is 0.167. The topological polar surface area (TPSA) is 105 Å². The molecular formula is C60H42N8. The van der Waals surface area contributed by atoms with E-state index < -0.39 is 0 Å². The molecule has 322 valence electrons. The maximum atomic E-state index is 9.63. The highest BCUT2D eigenvalue weighted by atomic mass is 15.0. The first kappa shape index (κ1) is 39.9. The Bertz CT molecular complexity index is 3340. The second kappa shape index (κ2) is 15.9. The van der Waals surface area contributed by atoms with Crippen LogP contribution in [0.5, 0.6) is 0 Å². The van der Waals surface area contributed by atoms with Crippen LogP contribution >= 0.6 is 0 Å². The summed E-state index contributed by atoms with van der Waals surface area (Å²) in [6, 6.07) is 59.7. The second-order valence-corrected chi connectivity index (χ2v) is 18.9. The van der Waals surface area contributed by atoms with Gasteiger partial charge in [0.1, 0.15) is 0 Å². The normalized spacial score (nSPS) is 20.4. The zero-order chi connectivity index (χ0) is 45.3. The van der Waals surface area contributed by atoms with Crippen LogP contribution in [0.4, 0.5) is 5.69 Å². The molecule has 1 spiro atoms. The maximum absolute atomic E-state index is 9.63. The highest BCUT2D eigenvalue weighted by Crippen LogP contribution is 2.70. The molecule has 0 amide bonds. The van der Waals surface area contributed by atoms with E-state index in [1.165, 1.54) is 54.4 Å². The number of benzene rings is 7. The standard InChI is InChI=1S/C60H42N8/c1-62-48-25-23-42(24-26-48)57-64-55(40-13-6-3-7-14-40)66-59(68-57)45-33-43(32-44(34-45)58-65-54(39-11-4-2-5-12-39)63-56(67-58)41-21-19-36(35-61)20-22-41)49-16-10-18-52-53(49)50-15-8-9-17-51(50)60(52)46-28-37-27-38(30-46)31-47(60)29-37/h2-26,32-34,37-38,46-47H,27-31H2. The Morgan fingerprint density at radius 2 is 0.853 bits per heavy atom. The molecule has 9 aromatic rings. The molecule has 7 aromatic carbocycles. The van der Waals surface area contributed by atoms with Crippen molar-refractivity contribution in [3.05, 3.63) is 198 Å². The predicted molar refractivity (Wildman–Crippen MR) is 266 cm³/mol. The van der Waals surface area contributed by atoms with Gasteiger partial charge in [-0.25, -0.2) is 34.7 Å². The fourth-order valence-electron chi connectivity index (χ4n) is 12.6. The Hall–Kier alpha value is -8.46. The molecule has 5 aliphatic rings. The molecule has 0 saturated heterocycles. The number of hydrogen-bond donors (Lipinski definition) is 0. The molecule has 5 aliphatic carbocycles. The number of nitriles is 1. The van der Waals surface area contributed by atoms with Gasteiger partial charge in [0.15, 0.2) is 40.6 Å². The fourth-order valence-corrected chi connectivity index (χ4v) is 12.6. The number of aromatic nitrogens is 6. The second-order valence-electron chi connectivity index (χ2n) is 18.9. The third-order valence-corrected chi connectivity index (χ3v) is 15.2. The van der Waals surface area contributed by atoms with E-state index in [-0.39, 0.29) is 5.41 Å². The molecule has 8 heteroatoms. The number of nitrogens with zero attached hydrogens (tertiary/aromatic N) is 8. The highest BCUT2D eigenvalue weighted by Gasteiger charge is 2.61. The zero-order valence-electron chi connectivity index (χ0n) is 37.1. The van der Waals surface area contributed by atoms with E-state index in [9.17, 15) is 5.26 Å². The summed E-state index contributed by atoms with van der Waals surface area (Å²) >= 11 is 0. The molecule has 4 fully saturated rings. The van der Waals surface area contributed by atoms with Crippen molar-refractivity contribution in [2.24, 2.45) is 23.7 Å². The van der Waals surface area contributed by atoms with Gasteiger partial charge in [0.2, 0.25) is 0 Å². The predicted octanol–water partition coefficient (Wildman–Crippen LogP) is 13.9. The van der Waals surface area contributed by atoms with Crippen LogP contribution in [0.3, 0.4) is 0 Å². The lowest BCUT2D eigenvalue weighted by atomic mass is 9.43. The molecule has 4 bridgehead atoms. The van der Waals surface area contributed by atoms with Crippen molar-refractivity contribution in [1.82, 2.24) is 29.9 Å². The lowest BCUT2D eigenvalue weighted by Gasteiger charge is -2.61. The van der Waals surface area contributed by atoms with E-state index in [0.29, 0.717) is 58.0 Å². The van der Waals surface area contributed by atoms with Crippen molar-refractivity contribution >= 4 is 5.69 Å². The van der Waals surface area contributed by atoms with Gasteiger partial charge in [-0.3, -0.25) is 0 Å². The highest BCUT2D eigenvalue weighted by molar-refractivity contribution is 5.95. The van der Waals surface area contributed by atoms with Crippen molar-refractivity contribution in [2.45, 2.75) is 37.5 Å². The molecule has 4 saturated carbocycles. The first-order valence-corrected chi connectivity index (χ1v) is 23.5. The summed E-state index contributed by atoms with van der Waals surface area (Å²) in [5.74, 6) is 6.03. The van der Waals surface area contributed by atoms with Gasteiger partial charge in [0.25, 0.3) is 0 Å². The van der Waals surface area contributed by atoms with Gasteiger partial charge in [-0.05, 0) is 132 Å². The minimum Gasteiger partial charge on any atom is -0.238 e. The monoisotopic (exact) mass is 874 g/mol. The summed E-state index contributed by atoms with van der Waals surface area (Å²) in [6.07, 6.45) is 6.63. The molecule has 8 nitrogen and oxygen atoms in total. The van der Waals surface area contributed by atoms with Crippen LogP contribution in [0.15, 0.2) is 170 Å². The minimum atomic E-state index is 0.00107. The van der Waals surface area contributed by atoms with Crippen LogP contribution in [-0.2, 0) is 5.41 Å². The van der Waals surface area contributed by atoms with Gasteiger partial charge in [-0.2, -0.15) is 5.26 Å². The van der Waals surface area contributed by atoms with Crippen LogP contribution < -0.4 is 0 Å². The molecule has 14 rings (SSSR count). The Morgan fingerprint density at radius 1 is 0.426 bits per heavy atom. The van der Waals surface area contributed by atoms with E-state index in [1.807, 2.05) is 84.9 Å². The van der Waals surface area contributed by atoms with Gasteiger partial charge in [-0.1, -0.05) is 127 Å². The number of rotatable bonds is 7. The van der Waals surface area contributed by atoms with E-state index >= 15 is 0 Å². The summed E-state index contributed by atoms with van der Waals surface area (Å²) in [5.41, 5.74) is 13.8. The van der Waals surface area contributed by atoms with Crippen molar-refractivity contribution in [3.8, 4) is 96.7 Å². The van der Waals surface area contributed by atoms with Crippen LogP contribution in [-0.4, -0.2) is 29.9 Å². The molecule has 2 aromatic heterocycles. The Labute approximate surface area is 395 Å². The van der Waals surface area contributed by atoms with Crippen LogP contribution in [0.2, 0.25) is 0 Å². The molecule has 0 atom stereocenters. The Kier molecular flexibility index (Phi) is 9.30. The Balaban J connectivity index is 1.07. The summed E-state index contributed by atoms with van der Waals surface area (Å²) in [7, 11) is 0. The van der Waals surface area contributed by atoms with Crippen LogP contribution in [0.1, 0.15) is 48.8 Å². The van der Waals surface area contributed by atoms with Crippen LogP contribution in [0, 0.1) is 41.6 Å². The maximum Gasteiger partial charge on any atom is 0.187 e. The average molecular weight is 875 g/mol. The summed E-state index contributed by atoms with van der Waals surface area (Å²) < 4.78 is 0. The van der Waals surface area contributed by atoms with Gasteiger partial charge in [-0.15, -0.1) is 0 Å². The van der Waals surface area contributed by atoms with E-state index in [1.54, 1.807) is 24.3 Å². The molecule has 0 unspecified atom stereocenters. The van der Waals surface area contributed by atoms with E-state index in [4.69, 9.17) is 36.5 Å². The Morgan fingerprint density at radius 3 is 1.37 bits per heavy atom. The lowest BCUT2D eigenvalue weighted by molar-refractivity contribution is -0.0399. The first-order valence-electron chi connectivity index (χ1n) is 23.5. The summed E-state index contributed by atoms with van der Waals surface area (Å²) in [6.45, 7) is 7.58. The first-order chi connectivity index (χ1) is 33.5. The van der Waals surface area contributed by atoms with Crippen molar-refractivity contribution in [2.75, 3.05) is 0 Å². The smallest absolute Gasteiger partial charge is 0.187 e. The minimum absolute atomic E-state index is 0.00107. The van der Waals surface area contributed by atoms with Crippen LogP contribution in [0.25, 0.3) is 95.4 Å². The summed E-state index contributed by atoms with van der Waals surface area (Å²) in [5, 5.41) is 9.63. The van der Waals surface area contributed by atoms with Gasteiger partial charge < -0.3 is 0 Å². The van der Waals surface area contributed by atoms with Gasteiger partial charge in [0, 0.05) is 38.8 Å². The molecule has 0 aliphatic heterocycles. The van der Waals surface area contributed by atoms with Crippen molar-refractivity contribution in [3.63, 3.8) is 0 Å². The third kappa shape index (κ3) is 6.48. The molecule has 0 N–H and O–H groups in total. The largest absolute Gasteiger partial charge is 0.238 e. The number of hydrogen-bond acceptors (Lipinski definition) is 7. The third-order valence-electron chi connectivity index (χ3n) is 15.2. The van der Waals surface area contributed by atoms with Crippen molar-refractivity contribution < 1.29 is 0 Å². The van der Waals surface area contributed by atoms with E-state index in [2.05, 4.69) is 71.6 Å². The van der Waals surface area contributed by atoms with Gasteiger partial charge >= 0.3 is 0 Å². The zero-order valence-corrected chi connectivity index (χ0v) is 37.1. The van der Waals surface area contributed by atoms with Crippen molar-refractivity contribution in [1.29, 1.82) is 5.26 Å². The molecule has 68 heavy (non-hydrogen) atoms. The molecule has 0 radical (unpaired) electrons. The van der Waals surface area contributed by atoms with Gasteiger partial charge in [0.05, 0.1) is 18.2 Å². The number of fused-ring (bicyclic) bond motifs is 3. The summed E-state index contributed by atoms with van der Waals surface area (Å²) in [4.78, 5) is 34.6. The molecule has 2 heterocycles. The van der Waals surface area contributed by atoms with E-state index in [0.717, 1.165) is 56.3 Å². The lowest BCUT2D eigenvalue weighted by Crippen LogP contribution is -2.55. The molecular weight excluding hydrogens is 833 g/mol. The SMILES string of the molecule is [C-]#[N+]c1ccc(-c2nc(-c3ccccc3)nc(-c3cc(-c4nc(-c5ccccc5)nc(-c5ccc(C#N)cc5)n4)cc(-c4cccc5c4-c4ccccc4C54C5CC6CC(C5)CC4C6)c3)n2)cc1. The quantitative estimate of drug-likeness (QED) is 0.147. The average Bonchev–Trinajstić information content (AvgIpc) is 3.71.